The fourth-order valence-electron chi connectivity index (χ4n) is 1.84. The molecule has 0 aliphatic heterocycles. The minimum Gasteiger partial charge on any atom is -0.339 e. The molecule has 2 aromatic rings. The molecule has 3 heteroatoms. The van der Waals surface area contributed by atoms with Crippen LogP contribution in [-0.2, 0) is 6.42 Å². The van der Waals surface area contributed by atoms with Gasteiger partial charge < -0.3 is 4.52 Å². The predicted octanol–water partition coefficient (Wildman–Crippen LogP) is 4.02. The van der Waals surface area contributed by atoms with Gasteiger partial charge in [-0.2, -0.15) is 4.98 Å². The molecule has 0 saturated heterocycles. The van der Waals surface area contributed by atoms with Crippen LogP contribution in [0.1, 0.15) is 38.1 Å². The first-order chi connectivity index (χ1) is 8.65. The van der Waals surface area contributed by atoms with Gasteiger partial charge in [0, 0.05) is 12.0 Å². The van der Waals surface area contributed by atoms with Crippen molar-refractivity contribution in [2.75, 3.05) is 0 Å². The van der Waals surface area contributed by atoms with E-state index in [1.54, 1.807) is 0 Å². The maximum atomic E-state index is 5.27. The molecule has 96 valence electrons. The molecule has 0 spiro atoms. The van der Waals surface area contributed by atoms with E-state index in [0.29, 0.717) is 5.82 Å². The summed E-state index contributed by atoms with van der Waals surface area (Å²) >= 11 is 0. The van der Waals surface area contributed by atoms with Crippen molar-refractivity contribution in [2.45, 2.75) is 40.0 Å². The smallest absolute Gasteiger partial charge is 0.226 e. The molecule has 3 nitrogen and oxygen atoms in total. The molecule has 0 N–H and O–H groups in total. The van der Waals surface area contributed by atoms with Gasteiger partial charge in [-0.3, -0.25) is 0 Å². The maximum absolute atomic E-state index is 5.27. The Balaban J connectivity index is 1.99. The van der Waals surface area contributed by atoms with E-state index in [2.05, 4.69) is 43.0 Å². The number of hydrogen-bond donors (Lipinski definition) is 0. The first kappa shape index (κ1) is 12.8. The van der Waals surface area contributed by atoms with Crippen LogP contribution in [0.4, 0.5) is 0 Å². The van der Waals surface area contributed by atoms with Crippen LogP contribution in [0, 0.1) is 12.8 Å². The lowest BCUT2D eigenvalue weighted by atomic mass is 10.1. The standard InChI is InChI=1S/C15H20N2O/c1-11(2)5-4-6-14-16-15(17-18-14)13-9-7-12(3)8-10-13/h7-11H,4-6H2,1-3H3. The van der Waals surface area contributed by atoms with Crippen molar-refractivity contribution in [2.24, 2.45) is 5.92 Å². The van der Waals surface area contributed by atoms with Gasteiger partial charge in [0.1, 0.15) is 0 Å². The summed E-state index contributed by atoms with van der Waals surface area (Å²) in [7, 11) is 0. The van der Waals surface area contributed by atoms with Crippen LogP contribution in [0.3, 0.4) is 0 Å². The zero-order valence-corrected chi connectivity index (χ0v) is 11.3. The van der Waals surface area contributed by atoms with E-state index < -0.39 is 0 Å². The molecule has 2 rings (SSSR count). The largest absolute Gasteiger partial charge is 0.339 e. The predicted molar refractivity (Wildman–Crippen MR) is 72.2 cm³/mol. The van der Waals surface area contributed by atoms with Gasteiger partial charge in [0.15, 0.2) is 0 Å². The fourth-order valence-corrected chi connectivity index (χ4v) is 1.84. The summed E-state index contributed by atoms with van der Waals surface area (Å²) < 4.78 is 5.27. The van der Waals surface area contributed by atoms with Crippen molar-refractivity contribution in [1.82, 2.24) is 10.1 Å². The van der Waals surface area contributed by atoms with E-state index in [1.165, 1.54) is 12.0 Å². The lowest BCUT2D eigenvalue weighted by Gasteiger charge is -2.00. The lowest BCUT2D eigenvalue weighted by Crippen LogP contribution is -1.91. The molecule has 1 aromatic carbocycles. The number of hydrogen-bond acceptors (Lipinski definition) is 3. The number of rotatable bonds is 5. The number of benzene rings is 1. The Hall–Kier alpha value is -1.64. The summed E-state index contributed by atoms with van der Waals surface area (Å²) in [6, 6.07) is 8.17. The third-order valence-corrected chi connectivity index (χ3v) is 2.95. The molecule has 0 fully saturated rings. The maximum Gasteiger partial charge on any atom is 0.226 e. The van der Waals surface area contributed by atoms with Gasteiger partial charge in [0.25, 0.3) is 0 Å². The zero-order chi connectivity index (χ0) is 13.0. The average Bonchev–Trinajstić information content (AvgIpc) is 2.78. The fraction of sp³-hybridized carbons (Fsp3) is 0.467. The molecule has 18 heavy (non-hydrogen) atoms. The second-order valence-corrected chi connectivity index (χ2v) is 5.16. The molecule has 0 unspecified atom stereocenters. The van der Waals surface area contributed by atoms with Crippen molar-refractivity contribution < 1.29 is 4.52 Å². The van der Waals surface area contributed by atoms with E-state index in [-0.39, 0.29) is 0 Å². The van der Waals surface area contributed by atoms with E-state index in [4.69, 9.17) is 4.52 Å². The molecular formula is C15H20N2O. The van der Waals surface area contributed by atoms with Crippen molar-refractivity contribution in [3.05, 3.63) is 35.7 Å². The van der Waals surface area contributed by atoms with E-state index in [0.717, 1.165) is 30.2 Å². The van der Waals surface area contributed by atoms with Gasteiger partial charge in [-0.1, -0.05) is 55.3 Å². The van der Waals surface area contributed by atoms with Crippen LogP contribution in [-0.4, -0.2) is 10.1 Å². The lowest BCUT2D eigenvalue weighted by molar-refractivity contribution is 0.371. The second-order valence-electron chi connectivity index (χ2n) is 5.16. The first-order valence-corrected chi connectivity index (χ1v) is 6.55. The minimum absolute atomic E-state index is 0.689. The summed E-state index contributed by atoms with van der Waals surface area (Å²) in [6.07, 6.45) is 3.17. The summed E-state index contributed by atoms with van der Waals surface area (Å²) in [5, 5.41) is 4.03. The summed E-state index contributed by atoms with van der Waals surface area (Å²) in [5.74, 6) is 2.16. The topological polar surface area (TPSA) is 38.9 Å². The van der Waals surface area contributed by atoms with Gasteiger partial charge in [-0.25, -0.2) is 0 Å². The monoisotopic (exact) mass is 244 g/mol. The Bertz CT molecular complexity index is 485. The van der Waals surface area contributed by atoms with Crippen molar-refractivity contribution in [3.8, 4) is 11.4 Å². The highest BCUT2D eigenvalue weighted by molar-refractivity contribution is 5.54. The Morgan fingerprint density at radius 3 is 2.56 bits per heavy atom. The molecule has 0 amide bonds. The Kier molecular flexibility index (Phi) is 4.13. The van der Waals surface area contributed by atoms with Crippen LogP contribution in [0.2, 0.25) is 0 Å². The number of aromatic nitrogens is 2. The quantitative estimate of drug-likeness (QED) is 0.797. The number of nitrogens with zero attached hydrogens (tertiary/aromatic N) is 2. The summed E-state index contributed by atoms with van der Waals surface area (Å²) in [6.45, 7) is 6.52. The van der Waals surface area contributed by atoms with Crippen molar-refractivity contribution >= 4 is 0 Å². The molecule has 0 bridgehead atoms. The number of aryl methyl sites for hydroxylation is 2. The third-order valence-electron chi connectivity index (χ3n) is 2.95. The van der Waals surface area contributed by atoms with Crippen LogP contribution in [0.15, 0.2) is 28.8 Å². The molecule has 1 aromatic heterocycles. The van der Waals surface area contributed by atoms with Gasteiger partial charge in [0.05, 0.1) is 0 Å². The third kappa shape index (κ3) is 3.42. The average molecular weight is 244 g/mol. The van der Waals surface area contributed by atoms with Crippen molar-refractivity contribution in [1.29, 1.82) is 0 Å². The van der Waals surface area contributed by atoms with Gasteiger partial charge in [0.2, 0.25) is 11.7 Å². The van der Waals surface area contributed by atoms with Gasteiger partial charge in [-0.05, 0) is 19.3 Å². The highest BCUT2D eigenvalue weighted by Gasteiger charge is 2.08. The van der Waals surface area contributed by atoms with Gasteiger partial charge >= 0.3 is 0 Å². The van der Waals surface area contributed by atoms with Crippen LogP contribution in [0.5, 0.6) is 0 Å². The zero-order valence-electron chi connectivity index (χ0n) is 11.3. The second kappa shape index (κ2) is 5.80. The highest BCUT2D eigenvalue weighted by Crippen LogP contribution is 2.17. The normalized spacial score (nSPS) is 11.1. The Labute approximate surface area is 108 Å². The summed E-state index contributed by atoms with van der Waals surface area (Å²) in [5.41, 5.74) is 2.25. The molecule has 1 heterocycles. The first-order valence-electron chi connectivity index (χ1n) is 6.55. The Morgan fingerprint density at radius 1 is 1.17 bits per heavy atom. The Morgan fingerprint density at radius 2 is 1.89 bits per heavy atom. The molecule has 0 atom stereocenters. The van der Waals surface area contributed by atoms with Gasteiger partial charge in [-0.15, -0.1) is 0 Å². The molecule has 0 aliphatic carbocycles. The van der Waals surface area contributed by atoms with Crippen LogP contribution in [0.25, 0.3) is 11.4 Å². The summed E-state index contributed by atoms with van der Waals surface area (Å²) in [4.78, 5) is 4.43. The highest BCUT2D eigenvalue weighted by atomic mass is 16.5. The van der Waals surface area contributed by atoms with Crippen LogP contribution >= 0.6 is 0 Å². The molecule has 0 radical (unpaired) electrons. The molecule has 0 saturated carbocycles. The van der Waals surface area contributed by atoms with E-state index in [9.17, 15) is 0 Å². The van der Waals surface area contributed by atoms with E-state index in [1.807, 2.05) is 12.1 Å². The SMILES string of the molecule is Cc1ccc(-c2noc(CCCC(C)C)n2)cc1. The molecule has 0 aliphatic rings. The molecular weight excluding hydrogens is 224 g/mol. The minimum atomic E-state index is 0.689. The van der Waals surface area contributed by atoms with Crippen LogP contribution < -0.4 is 0 Å². The van der Waals surface area contributed by atoms with E-state index >= 15 is 0 Å². The van der Waals surface area contributed by atoms with Crippen molar-refractivity contribution in [3.63, 3.8) is 0 Å².